The lowest BCUT2D eigenvalue weighted by molar-refractivity contribution is 0.195. The molecule has 3 nitrogen and oxygen atoms in total. The summed E-state index contributed by atoms with van der Waals surface area (Å²) in [6.07, 6.45) is 4.82. The van der Waals surface area contributed by atoms with Crippen LogP contribution in [0, 0.1) is 13.8 Å². The van der Waals surface area contributed by atoms with Gasteiger partial charge in [-0.2, -0.15) is 0 Å². The van der Waals surface area contributed by atoms with E-state index >= 15 is 0 Å². The lowest BCUT2D eigenvalue weighted by Crippen LogP contribution is -2.61. The van der Waals surface area contributed by atoms with Crippen molar-refractivity contribution in [3.05, 3.63) is 173 Å². The molecule has 2 unspecified atom stereocenters. The van der Waals surface area contributed by atoms with Gasteiger partial charge in [-0.3, -0.25) is 0 Å². The Labute approximate surface area is 408 Å². The Kier molecular flexibility index (Phi) is 9.98. The van der Waals surface area contributed by atoms with Gasteiger partial charge in [0.1, 0.15) is 0 Å². The molecular formula is C64H70BN3. The van der Waals surface area contributed by atoms with E-state index in [4.69, 9.17) is 0 Å². The van der Waals surface area contributed by atoms with Crippen molar-refractivity contribution < 1.29 is 0 Å². The summed E-state index contributed by atoms with van der Waals surface area (Å²) in [4.78, 5) is 7.99. The number of aryl methyl sites for hydroxylation is 2. The molecule has 7 aromatic carbocycles. The van der Waals surface area contributed by atoms with Crippen LogP contribution in [0.15, 0.2) is 140 Å². The van der Waals surface area contributed by atoms with Gasteiger partial charge >= 0.3 is 0 Å². The van der Waals surface area contributed by atoms with E-state index in [1.165, 1.54) is 126 Å². The third-order valence-electron chi connectivity index (χ3n) is 16.8. The molecule has 344 valence electrons. The Bertz CT molecular complexity index is 3160. The molecule has 4 aliphatic rings. The number of hydrogen-bond acceptors (Lipinski definition) is 3. The summed E-state index contributed by atoms with van der Waals surface area (Å²) in [6, 6.07) is 54.9. The predicted molar refractivity (Wildman–Crippen MR) is 294 cm³/mol. The number of fused-ring (bicyclic) bond motifs is 7. The first-order chi connectivity index (χ1) is 32.2. The number of hydrogen-bond donors (Lipinski definition) is 0. The van der Waals surface area contributed by atoms with E-state index in [1.807, 2.05) is 0 Å². The minimum absolute atomic E-state index is 0.00288. The zero-order valence-corrected chi connectivity index (χ0v) is 43.0. The highest BCUT2D eigenvalue weighted by Gasteiger charge is 2.58. The van der Waals surface area contributed by atoms with Crippen molar-refractivity contribution in [2.75, 3.05) is 14.7 Å². The molecule has 0 saturated heterocycles. The van der Waals surface area contributed by atoms with Crippen molar-refractivity contribution in [3.8, 4) is 11.1 Å². The van der Waals surface area contributed by atoms with Crippen LogP contribution in [0.5, 0.6) is 0 Å². The van der Waals surface area contributed by atoms with E-state index in [0.29, 0.717) is 0 Å². The first kappa shape index (κ1) is 44.5. The zero-order chi connectivity index (χ0) is 47.9. The van der Waals surface area contributed by atoms with Crippen LogP contribution in [0.1, 0.15) is 135 Å². The summed E-state index contributed by atoms with van der Waals surface area (Å²) < 4.78 is 0. The third-order valence-corrected chi connectivity index (χ3v) is 16.8. The van der Waals surface area contributed by atoms with Crippen LogP contribution in [-0.4, -0.2) is 12.3 Å². The average molecular weight is 892 g/mol. The molecule has 1 aliphatic carbocycles. The maximum absolute atomic E-state index is 2.77. The fourth-order valence-electron chi connectivity index (χ4n) is 12.7. The quantitative estimate of drug-likeness (QED) is 0.163. The first-order valence-electron chi connectivity index (χ1n) is 25.4. The van der Waals surface area contributed by atoms with Crippen LogP contribution in [0.2, 0.25) is 0 Å². The van der Waals surface area contributed by atoms with Crippen molar-refractivity contribution in [2.24, 2.45) is 0 Å². The van der Waals surface area contributed by atoms with E-state index in [1.54, 1.807) is 0 Å². The van der Waals surface area contributed by atoms with E-state index < -0.39 is 0 Å². The summed E-state index contributed by atoms with van der Waals surface area (Å²) in [5.41, 5.74) is 24.9. The standard InChI is InChI=1S/C64H70BN3/c1-41-35-57-59-58(36-41)67(48-21-18-20-45(38-48)61(6,7)8)55-39-46(62(9,10)11)26-30-52(55)65(59)53-31-29-49(40-56(53)66(57)47-27-24-44(25-28-47)60(3,4)5)68-54-32-23-43(50-22-15-14-19-42(50)2)37-51(54)63(12)33-16-17-34-64(63,68)13/h14-15,18-32,35-40H,16-17,33-34H2,1-13H3. The molecule has 0 aromatic heterocycles. The minimum atomic E-state index is -0.0927. The van der Waals surface area contributed by atoms with E-state index in [0.717, 1.165) is 6.42 Å². The molecule has 2 atom stereocenters. The lowest BCUT2D eigenvalue weighted by atomic mass is 9.33. The van der Waals surface area contributed by atoms with Crippen molar-refractivity contribution >= 4 is 68.6 Å². The number of benzene rings is 7. The van der Waals surface area contributed by atoms with E-state index in [2.05, 4.69) is 244 Å². The van der Waals surface area contributed by atoms with E-state index in [9.17, 15) is 0 Å². The Morgan fingerprint density at radius 3 is 1.74 bits per heavy atom. The van der Waals surface area contributed by atoms with Crippen LogP contribution in [0.4, 0.5) is 45.5 Å². The van der Waals surface area contributed by atoms with Gasteiger partial charge in [-0.15, -0.1) is 0 Å². The molecule has 3 aliphatic heterocycles. The Morgan fingerprint density at radius 1 is 0.471 bits per heavy atom. The largest absolute Gasteiger partial charge is 0.334 e. The van der Waals surface area contributed by atoms with E-state index in [-0.39, 0.29) is 33.9 Å². The van der Waals surface area contributed by atoms with Gasteiger partial charge < -0.3 is 14.7 Å². The van der Waals surface area contributed by atoms with Gasteiger partial charge in [-0.1, -0.05) is 155 Å². The second-order valence-electron chi connectivity index (χ2n) is 24.4. The maximum atomic E-state index is 2.77. The zero-order valence-electron chi connectivity index (χ0n) is 43.0. The number of rotatable bonds is 4. The molecule has 11 rings (SSSR count). The van der Waals surface area contributed by atoms with Crippen LogP contribution < -0.4 is 31.1 Å². The molecule has 68 heavy (non-hydrogen) atoms. The summed E-state index contributed by atoms with van der Waals surface area (Å²) in [7, 11) is 0. The molecule has 7 aromatic rings. The van der Waals surface area contributed by atoms with Crippen LogP contribution in [0.25, 0.3) is 11.1 Å². The van der Waals surface area contributed by atoms with Gasteiger partial charge in [0.15, 0.2) is 0 Å². The number of nitrogens with zero attached hydrogens (tertiary/aromatic N) is 3. The molecule has 4 heteroatoms. The van der Waals surface area contributed by atoms with Gasteiger partial charge in [0, 0.05) is 50.9 Å². The SMILES string of the molecule is Cc1cc2c3c(c1)N(c1cccc(C(C)(C)C)c1)c1cc(C(C)(C)C)ccc1B3c1ccc(N3c4ccc(-c5ccccc5C)cc4C4(C)CCCCC34C)cc1N2c1ccc(C(C)(C)C)cc1. The lowest BCUT2D eigenvalue weighted by Gasteiger charge is -2.50. The highest BCUT2D eigenvalue weighted by molar-refractivity contribution is 7.00. The van der Waals surface area contributed by atoms with Crippen molar-refractivity contribution in [1.82, 2.24) is 0 Å². The summed E-state index contributed by atoms with van der Waals surface area (Å²) in [6.45, 7) is 30.7. The third kappa shape index (κ3) is 6.74. The van der Waals surface area contributed by atoms with Gasteiger partial charge in [-0.25, -0.2) is 0 Å². The Morgan fingerprint density at radius 2 is 1.06 bits per heavy atom. The van der Waals surface area contributed by atoms with Crippen LogP contribution in [-0.2, 0) is 21.7 Å². The van der Waals surface area contributed by atoms with Gasteiger partial charge in [0.25, 0.3) is 6.71 Å². The predicted octanol–water partition coefficient (Wildman–Crippen LogP) is 15.7. The molecule has 0 radical (unpaired) electrons. The molecule has 0 bridgehead atoms. The van der Waals surface area contributed by atoms with Gasteiger partial charge in [0.2, 0.25) is 0 Å². The molecule has 0 N–H and O–H groups in total. The van der Waals surface area contributed by atoms with Crippen molar-refractivity contribution in [1.29, 1.82) is 0 Å². The highest BCUT2D eigenvalue weighted by Crippen LogP contribution is 2.62. The van der Waals surface area contributed by atoms with Crippen molar-refractivity contribution in [3.63, 3.8) is 0 Å². The minimum Gasteiger partial charge on any atom is -0.334 e. The fraction of sp³-hybridized carbons (Fsp3) is 0.344. The monoisotopic (exact) mass is 892 g/mol. The van der Waals surface area contributed by atoms with Gasteiger partial charge in [-0.05, 0) is 177 Å². The first-order valence-corrected chi connectivity index (χ1v) is 25.4. The summed E-state index contributed by atoms with van der Waals surface area (Å²) in [5.74, 6) is 0. The maximum Gasteiger partial charge on any atom is 0.252 e. The topological polar surface area (TPSA) is 9.72 Å². The number of anilines is 8. The van der Waals surface area contributed by atoms with Gasteiger partial charge in [0.05, 0.1) is 5.54 Å². The summed E-state index contributed by atoms with van der Waals surface area (Å²) in [5, 5.41) is 0. The molecule has 0 spiro atoms. The molecular weight excluding hydrogens is 822 g/mol. The average Bonchev–Trinajstić information content (AvgIpc) is 3.50. The highest BCUT2D eigenvalue weighted by atomic mass is 15.3. The second-order valence-corrected chi connectivity index (χ2v) is 24.4. The summed E-state index contributed by atoms with van der Waals surface area (Å²) >= 11 is 0. The molecule has 1 saturated carbocycles. The Hall–Kier alpha value is -6.00. The fourth-order valence-corrected chi connectivity index (χ4v) is 12.7. The van der Waals surface area contributed by atoms with Crippen LogP contribution in [0.3, 0.4) is 0 Å². The molecule has 0 amide bonds. The smallest absolute Gasteiger partial charge is 0.252 e. The second kappa shape index (κ2) is 15.3. The molecule has 3 heterocycles. The van der Waals surface area contributed by atoms with Crippen LogP contribution >= 0.6 is 0 Å². The van der Waals surface area contributed by atoms with Crippen molar-refractivity contribution in [2.45, 2.75) is 143 Å². The normalized spacial score (nSPS) is 19.6. The molecule has 1 fully saturated rings. The Balaban J connectivity index is 1.17.